The predicted molar refractivity (Wildman–Crippen MR) is 120 cm³/mol. The van der Waals surface area contributed by atoms with Crippen LogP contribution in [-0.2, 0) is 20.9 Å². The molecule has 0 aliphatic heterocycles. The molecule has 0 saturated heterocycles. The molecule has 6 nitrogen and oxygen atoms in total. The van der Waals surface area contributed by atoms with Crippen LogP contribution in [0.25, 0.3) is 21.8 Å². The smallest absolute Gasteiger partial charge is 0.327 e. The van der Waals surface area contributed by atoms with E-state index in [2.05, 4.69) is 0 Å². The monoisotopic (exact) mass is 414 g/mol. The van der Waals surface area contributed by atoms with Crippen LogP contribution in [0.4, 0.5) is 0 Å². The van der Waals surface area contributed by atoms with Crippen LogP contribution in [0.2, 0.25) is 0 Å². The van der Waals surface area contributed by atoms with E-state index in [9.17, 15) is 14.4 Å². The molecule has 0 spiro atoms. The van der Waals surface area contributed by atoms with Crippen molar-refractivity contribution in [2.24, 2.45) is 0 Å². The lowest BCUT2D eigenvalue weighted by Crippen LogP contribution is -2.32. The Morgan fingerprint density at radius 1 is 0.839 bits per heavy atom. The van der Waals surface area contributed by atoms with Gasteiger partial charge in [-0.15, -0.1) is 0 Å². The molecule has 1 atom stereocenters. The van der Waals surface area contributed by atoms with Gasteiger partial charge in [-0.1, -0.05) is 54.6 Å². The Bertz CT molecular complexity index is 1270. The fourth-order valence-corrected chi connectivity index (χ4v) is 3.67. The van der Waals surface area contributed by atoms with Gasteiger partial charge in [0.25, 0.3) is 5.91 Å². The van der Waals surface area contributed by atoms with Crippen molar-refractivity contribution in [2.45, 2.75) is 12.6 Å². The van der Waals surface area contributed by atoms with Crippen molar-refractivity contribution in [1.29, 1.82) is 0 Å². The van der Waals surface area contributed by atoms with Crippen LogP contribution in [0.5, 0.6) is 0 Å². The maximum absolute atomic E-state index is 13.0. The van der Waals surface area contributed by atoms with Crippen LogP contribution < -0.4 is 5.43 Å². The van der Waals surface area contributed by atoms with Gasteiger partial charge in [0, 0.05) is 30.4 Å². The maximum atomic E-state index is 13.0. The number of ether oxygens (including phenoxy) is 1. The molecular weight excluding hydrogens is 392 g/mol. The fourth-order valence-electron chi connectivity index (χ4n) is 3.67. The van der Waals surface area contributed by atoms with Gasteiger partial charge < -0.3 is 14.2 Å². The highest BCUT2D eigenvalue weighted by atomic mass is 16.5. The van der Waals surface area contributed by atoms with Gasteiger partial charge in [-0.3, -0.25) is 14.4 Å². The van der Waals surface area contributed by atoms with E-state index in [1.165, 1.54) is 4.90 Å². The fraction of sp³-hybridized carbons (Fsp3) is 0.160. The molecule has 31 heavy (non-hydrogen) atoms. The number of rotatable bonds is 5. The first-order valence-electron chi connectivity index (χ1n) is 9.93. The van der Waals surface area contributed by atoms with E-state index in [4.69, 9.17) is 4.74 Å². The Kier molecular flexibility index (Phi) is 5.54. The summed E-state index contributed by atoms with van der Waals surface area (Å²) in [5.41, 5.74) is 1.79. The highest BCUT2D eigenvalue weighted by Crippen LogP contribution is 2.22. The third kappa shape index (κ3) is 3.92. The molecule has 1 unspecified atom stereocenters. The number of aromatic nitrogens is 1. The first-order valence-corrected chi connectivity index (χ1v) is 9.93. The van der Waals surface area contributed by atoms with E-state index in [0.29, 0.717) is 27.4 Å². The molecule has 1 amide bonds. The lowest BCUT2D eigenvalue weighted by atomic mass is 10.1. The highest BCUT2D eigenvalue weighted by Gasteiger charge is 2.27. The van der Waals surface area contributed by atoms with Crippen LogP contribution in [0, 0.1) is 0 Å². The summed E-state index contributed by atoms with van der Waals surface area (Å²) in [6.07, 6.45) is -1.04. The van der Waals surface area contributed by atoms with Gasteiger partial charge in [-0.05, 0) is 24.3 Å². The molecule has 0 bridgehead atoms. The second kappa shape index (κ2) is 8.44. The van der Waals surface area contributed by atoms with Gasteiger partial charge in [0.1, 0.15) is 6.54 Å². The van der Waals surface area contributed by atoms with Crippen molar-refractivity contribution in [3.63, 3.8) is 0 Å². The van der Waals surface area contributed by atoms with Gasteiger partial charge in [0.2, 0.25) is 6.10 Å². The molecule has 4 rings (SSSR count). The van der Waals surface area contributed by atoms with Crippen LogP contribution in [0.1, 0.15) is 11.7 Å². The van der Waals surface area contributed by atoms with E-state index >= 15 is 0 Å². The van der Waals surface area contributed by atoms with Gasteiger partial charge >= 0.3 is 5.97 Å². The number of carbonyl (C=O) groups excluding carboxylic acids is 2. The summed E-state index contributed by atoms with van der Waals surface area (Å²) in [4.78, 5) is 40.0. The van der Waals surface area contributed by atoms with E-state index in [1.807, 2.05) is 18.2 Å². The summed E-state index contributed by atoms with van der Waals surface area (Å²) >= 11 is 0. The number of esters is 1. The molecule has 0 aliphatic rings. The molecule has 0 N–H and O–H groups in total. The minimum atomic E-state index is -1.04. The minimum Gasteiger partial charge on any atom is -0.446 e. The Hall–Kier alpha value is -3.93. The number of carbonyl (C=O) groups is 2. The van der Waals surface area contributed by atoms with Gasteiger partial charge in [0.15, 0.2) is 5.43 Å². The zero-order valence-corrected chi connectivity index (χ0v) is 17.3. The molecule has 4 aromatic rings. The summed E-state index contributed by atoms with van der Waals surface area (Å²) in [5, 5.41) is 1.05. The van der Waals surface area contributed by atoms with Gasteiger partial charge in [0.05, 0.1) is 11.0 Å². The Morgan fingerprint density at radius 2 is 1.35 bits per heavy atom. The number of pyridine rings is 1. The lowest BCUT2D eigenvalue weighted by Gasteiger charge is -2.22. The Balaban J connectivity index is 1.75. The molecule has 0 saturated carbocycles. The first kappa shape index (κ1) is 20.3. The molecule has 0 aliphatic carbocycles. The molecule has 6 heteroatoms. The standard InChI is InChI=1S/C25H22N2O4/c1-26(2)25(30)24(17-10-4-3-5-11-17)31-22(28)16-27-20-14-8-6-12-18(20)23(29)19-13-7-9-15-21(19)27/h3-15,24H,16H2,1-2H3. The normalized spacial score (nSPS) is 11.9. The summed E-state index contributed by atoms with van der Waals surface area (Å²) in [5.74, 6) is -0.891. The second-order valence-corrected chi connectivity index (χ2v) is 7.46. The van der Waals surface area contributed by atoms with Crippen molar-refractivity contribution in [3.8, 4) is 0 Å². The SMILES string of the molecule is CN(C)C(=O)C(OC(=O)Cn1c2ccccc2c(=O)c2ccccc21)c1ccccc1. The number of amides is 1. The molecule has 0 fully saturated rings. The number of benzene rings is 3. The number of nitrogens with zero attached hydrogens (tertiary/aromatic N) is 2. The third-order valence-corrected chi connectivity index (χ3v) is 5.18. The summed E-state index contributed by atoms with van der Waals surface area (Å²) in [6, 6.07) is 23.2. The average Bonchev–Trinajstić information content (AvgIpc) is 2.80. The van der Waals surface area contributed by atoms with Crippen LogP contribution in [0.15, 0.2) is 83.7 Å². The van der Waals surface area contributed by atoms with E-state index in [0.717, 1.165) is 0 Å². The summed E-state index contributed by atoms with van der Waals surface area (Å²) in [7, 11) is 3.24. The first-order chi connectivity index (χ1) is 15.0. The second-order valence-electron chi connectivity index (χ2n) is 7.46. The quantitative estimate of drug-likeness (QED) is 0.370. The van der Waals surface area contributed by atoms with Crippen LogP contribution >= 0.6 is 0 Å². The predicted octanol–water partition coefficient (Wildman–Crippen LogP) is 3.53. The zero-order chi connectivity index (χ0) is 22.0. The third-order valence-electron chi connectivity index (χ3n) is 5.18. The van der Waals surface area contributed by atoms with Crippen molar-refractivity contribution < 1.29 is 14.3 Å². The van der Waals surface area contributed by atoms with E-state index < -0.39 is 12.1 Å². The highest BCUT2D eigenvalue weighted by molar-refractivity contribution is 5.94. The topological polar surface area (TPSA) is 68.6 Å². The number of likely N-dealkylation sites (N-methyl/N-ethyl adjacent to an activating group) is 1. The van der Waals surface area contributed by atoms with Crippen molar-refractivity contribution in [3.05, 3.63) is 94.6 Å². The maximum Gasteiger partial charge on any atom is 0.327 e. The molecule has 0 radical (unpaired) electrons. The zero-order valence-electron chi connectivity index (χ0n) is 17.3. The molecule has 1 aromatic heterocycles. The Labute approximate surface area is 179 Å². The lowest BCUT2D eigenvalue weighted by molar-refractivity contribution is -0.160. The molecule has 1 heterocycles. The van der Waals surface area contributed by atoms with Crippen molar-refractivity contribution in [2.75, 3.05) is 14.1 Å². The number of hydrogen-bond donors (Lipinski definition) is 0. The minimum absolute atomic E-state index is 0.0826. The van der Waals surface area contributed by atoms with Gasteiger partial charge in [-0.25, -0.2) is 0 Å². The summed E-state index contributed by atoms with van der Waals surface area (Å²) < 4.78 is 7.42. The van der Waals surface area contributed by atoms with Crippen LogP contribution in [0.3, 0.4) is 0 Å². The molecule has 3 aromatic carbocycles. The van der Waals surface area contributed by atoms with Crippen molar-refractivity contribution >= 4 is 33.7 Å². The van der Waals surface area contributed by atoms with Crippen LogP contribution in [-0.4, -0.2) is 35.4 Å². The number of fused-ring (bicyclic) bond motifs is 2. The Morgan fingerprint density at radius 3 is 1.90 bits per heavy atom. The number of para-hydroxylation sites is 2. The van der Waals surface area contributed by atoms with E-state index in [1.54, 1.807) is 79.3 Å². The summed E-state index contributed by atoms with van der Waals surface area (Å²) in [6.45, 7) is -0.134. The number of hydrogen-bond acceptors (Lipinski definition) is 4. The van der Waals surface area contributed by atoms with E-state index in [-0.39, 0.29) is 17.9 Å². The molecular formula is C25H22N2O4. The van der Waals surface area contributed by atoms with Gasteiger partial charge in [-0.2, -0.15) is 0 Å². The average molecular weight is 414 g/mol. The molecule has 156 valence electrons. The largest absolute Gasteiger partial charge is 0.446 e. The van der Waals surface area contributed by atoms with Crippen molar-refractivity contribution in [1.82, 2.24) is 9.47 Å².